The molecule has 8 heterocycles. The zero-order valence-electron chi connectivity index (χ0n) is 67.8. The van der Waals surface area contributed by atoms with Crippen molar-refractivity contribution in [3.8, 4) is 68.2 Å². The fourth-order valence-electron chi connectivity index (χ4n) is 15.8. The van der Waals surface area contributed by atoms with Crippen molar-refractivity contribution in [1.29, 1.82) is 0 Å². The van der Waals surface area contributed by atoms with Crippen LogP contribution in [0.25, 0.3) is 22.3 Å². The number of likely N-dealkylation sites (N-methyl/N-ethyl adjacent to an activating group) is 1. The van der Waals surface area contributed by atoms with Gasteiger partial charge in [-0.2, -0.15) is 0 Å². The molecular weight excluding hydrogens is 1730 g/mol. The van der Waals surface area contributed by atoms with Crippen LogP contribution in [0.5, 0.6) is 46.0 Å². The Kier molecular flexibility index (Phi) is 30.0. The monoisotopic (exact) mass is 1820 g/mol. The third-order valence-corrected chi connectivity index (χ3v) is 23.3. The first kappa shape index (κ1) is 95.4. The second-order valence-electron chi connectivity index (χ2n) is 32.2. The number of carboxylic acid groups (broad SMARTS) is 1. The smallest absolute Gasteiger partial charge is 0.330 e. The molecule has 0 radical (unpaired) electrons. The third kappa shape index (κ3) is 21.0. The van der Waals surface area contributed by atoms with Crippen molar-refractivity contribution in [1.82, 2.24) is 42.5 Å². The highest BCUT2D eigenvalue weighted by Crippen LogP contribution is 2.50. The third-order valence-electron chi connectivity index (χ3n) is 22.5. The highest BCUT2D eigenvalue weighted by molar-refractivity contribution is 6.32. The highest BCUT2D eigenvalue weighted by Gasteiger charge is 2.53. The Balaban J connectivity index is 0.0000146. The quantitative estimate of drug-likeness (QED) is 0.0521. The van der Waals surface area contributed by atoms with E-state index in [1.165, 1.54) is 33.0 Å². The number of carboxylic acids is 1. The Morgan fingerprint density at radius 3 is 1.84 bits per heavy atom. The minimum atomic E-state index is -2.42. The second-order valence-corrected chi connectivity index (χ2v) is 33.4. The van der Waals surface area contributed by atoms with E-state index in [0.717, 1.165) is 83.4 Å². The zero-order valence-corrected chi connectivity index (χ0v) is 70.1. The average molecular weight is 1830 g/mol. The van der Waals surface area contributed by atoms with E-state index in [2.05, 4.69) is 42.5 Å². The van der Waals surface area contributed by atoms with E-state index in [4.69, 9.17) is 84.2 Å². The van der Waals surface area contributed by atoms with Gasteiger partial charge in [-0.3, -0.25) is 33.6 Å². The van der Waals surface area contributed by atoms with Gasteiger partial charge in [0.1, 0.15) is 120 Å². The number of nitrogens with one attached hydrogen (secondary N) is 8. The maximum absolute atomic E-state index is 16.4. The Morgan fingerprint density at radius 1 is 0.630 bits per heavy atom. The molecule has 2 unspecified atom stereocenters. The molecule has 11 bridgehead atoms. The summed E-state index contributed by atoms with van der Waals surface area (Å²) in [6, 6.07) is 13.7. The number of phenols is 3. The first-order chi connectivity index (χ1) is 59.8. The number of ether oxygens (including phenoxy) is 8. The van der Waals surface area contributed by atoms with E-state index in [0.29, 0.717) is 5.02 Å². The van der Waals surface area contributed by atoms with Gasteiger partial charge < -0.3 is 153 Å². The molecule has 41 heteroatoms. The molecule has 38 nitrogen and oxygen atoms in total. The molecule has 3 saturated heterocycles. The molecule has 0 saturated carbocycles. The van der Waals surface area contributed by atoms with Gasteiger partial charge in [-0.25, -0.2) is 4.79 Å². The Labute approximate surface area is 741 Å². The number of primary amides is 1. The molecule has 0 aliphatic carbocycles. The molecule has 127 heavy (non-hydrogen) atoms. The summed E-state index contributed by atoms with van der Waals surface area (Å²) < 4.78 is 51.3. The van der Waals surface area contributed by atoms with Gasteiger partial charge in [0.05, 0.1) is 41.3 Å². The molecule has 7 aromatic carbocycles. The summed E-state index contributed by atoms with van der Waals surface area (Å²) in [6.45, 7) is 5.46. The van der Waals surface area contributed by atoms with Crippen LogP contribution in [0.2, 0.25) is 15.1 Å². The van der Waals surface area contributed by atoms with Crippen LogP contribution < -0.4 is 68.2 Å². The number of hydrogen-bond donors (Lipinski definition) is 22. The molecule has 682 valence electrons. The van der Waals surface area contributed by atoms with Crippen molar-refractivity contribution >= 4 is 82.1 Å². The number of aliphatic hydroxyl groups excluding tert-OH is 8. The summed E-state index contributed by atoms with van der Waals surface area (Å²) in [6.07, 6.45) is -29.1. The number of carbonyl (C=O) groups excluding carboxylic acids is 7. The number of amides is 7. The largest absolute Gasteiger partial charge is 0.508 e. The molecule has 8 aliphatic heterocycles. The van der Waals surface area contributed by atoms with Crippen molar-refractivity contribution in [3.63, 3.8) is 0 Å². The lowest BCUT2D eigenvalue weighted by molar-refractivity contribution is -0.350. The van der Waals surface area contributed by atoms with Crippen LogP contribution in [0.3, 0.4) is 0 Å². The molecule has 7 aromatic rings. The number of halogens is 3. The first-order valence-corrected chi connectivity index (χ1v) is 41.1. The van der Waals surface area contributed by atoms with Gasteiger partial charge >= 0.3 is 5.97 Å². The predicted molar refractivity (Wildman–Crippen MR) is 450 cm³/mol. The fourth-order valence-corrected chi connectivity index (χ4v) is 16.4. The van der Waals surface area contributed by atoms with E-state index >= 15 is 24.0 Å². The molecule has 8 aliphatic rings. The fraction of sp³-hybridized carbons (Fsp3) is 0.419. The van der Waals surface area contributed by atoms with Gasteiger partial charge in [0.25, 0.3) is 0 Å². The maximum atomic E-state index is 16.4. The summed E-state index contributed by atoms with van der Waals surface area (Å²) in [7, 11) is 1.46. The van der Waals surface area contributed by atoms with Gasteiger partial charge in [-0.15, -0.1) is 0 Å². The number of phenolic OH excluding ortho intramolecular Hbond substituents is 3. The minimum Gasteiger partial charge on any atom is -0.508 e. The first-order valence-electron chi connectivity index (χ1n) is 40.0. The zero-order chi connectivity index (χ0) is 90.9. The number of carbonyl (C=O) groups is 8. The summed E-state index contributed by atoms with van der Waals surface area (Å²) >= 11 is 20.6. The summed E-state index contributed by atoms with van der Waals surface area (Å²) in [4.78, 5) is 120. The summed E-state index contributed by atoms with van der Waals surface area (Å²) in [5.41, 5.74) is 10.6. The molecule has 3 fully saturated rings. The van der Waals surface area contributed by atoms with Crippen LogP contribution in [0.1, 0.15) is 118 Å². The minimum absolute atomic E-state index is 0. The van der Waals surface area contributed by atoms with Gasteiger partial charge in [0.2, 0.25) is 53.4 Å². The number of fused-ring (bicyclic) bond motifs is 15. The number of benzene rings is 7. The van der Waals surface area contributed by atoms with E-state index in [1.807, 2.05) is 36.4 Å². The SMILES string of the molecule is C.CN[C@H](CC(C)C)C(=O)NC1C(=O)N[C@H](CC(N)=O)C(=O)N[C@H]2C(=O)N[C@@H]3C(=O)N[C@H](C(=O)N[C@H](C(=O)O)c4cc(O)cc(O)c4-c4cc3ccc4O)[C@H](OC3C[C@](C)(N)[C@@H](O)[C@H](C)O3)c3ccc(c(Cl)c3)Oc3cc2cc(c3O[C@@H]2O[C@H](CO)[C@@H](O[C@@H]3O[C@H](CNCc4ccc(-c5ccc(Cl)cc5)cc4)[C@H](O)[C@H](O)[C@H]3O)[C@H](O)[C@H]2O)Oc2ccc(cc2Cl)[C@H]1O. The van der Waals surface area contributed by atoms with E-state index < -0.39 is 284 Å². The van der Waals surface area contributed by atoms with Crippen molar-refractivity contribution in [2.75, 3.05) is 20.2 Å². The molecule has 24 N–H and O–H groups in total. The maximum Gasteiger partial charge on any atom is 0.330 e. The molecule has 23 atom stereocenters. The highest BCUT2D eigenvalue weighted by atomic mass is 35.5. The normalized spacial score (nSPS) is 29.4. The van der Waals surface area contributed by atoms with Crippen LogP contribution in [0.15, 0.2) is 127 Å². The molecule has 0 aromatic heterocycles. The lowest BCUT2D eigenvalue weighted by Gasteiger charge is -2.46. The standard InChI is InChI=1S/C85H95Cl3N10O28.CH4/c1-33(2)20-48(91-5)76(111)97-64-66(104)39-13-18-52(46(87)22-39)120-54-24-41-25-55(73(54)125-84-71(109)69(107)74(57(32-99)123-84)126-83-70(108)68(106)67(105)56(122-83)31-92-30-35-6-8-36(9-7-35)37-10-15-42(86)16-11-37)121-53-19-14-40(23-47(53)88)72(124-59-29-85(4,90)75(110)34(3)119-59)65-81(116)96-63(82(117)118)45-26-43(100)27-51(102)60(45)44-21-38(12-17-50(44)101)61(78(113)98-65)95-79(114)62(41)94-77(112)49(28-58(89)103)93-80(64)115;/h6-19,21-27,33-34,48-49,56-57,59,61-72,74-75,83-84,91-92,99-102,104-110H,20,28-32,90H2,1-5H3,(H2,89,103)(H,93,115)(H,94,112)(H,95,114)(H,96,116)(H,97,111)(H,98,113)(H,117,118);1H4/t34-,48+,49+,56+,57+,59?,61-,62+,63-,64?,65-,66+,67-,68-,69+,70+,71+,72+,74+,75-,83-,84-,85-;/m0./s1. The van der Waals surface area contributed by atoms with Gasteiger partial charge in [-0.1, -0.05) is 111 Å². The average Bonchev–Trinajstić information content (AvgIpc) is 0.761. The second kappa shape index (κ2) is 39.9. The van der Waals surface area contributed by atoms with Crippen molar-refractivity contribution < 1.29 is 138 Å². The van der Waals surface area contributed by atoms with Crippen molar-refractivity contribution in [2.45, 2.75) is 201 Å². The predicted octanol–water partition coefficient (Wildman–Crippen LogP) is 2.68. The number of aromatic hydroxyl groups is 3. The molecular formula is C86H99Cl3N10O28. The van der Waals surface area contributed by atoms with Gasteiger partial charge in [-0.05, 0) is 139 Å². The molecule has 0 spiro atoms. The van der Waals surface area contributed by atoms with Gasteiger partial charge in [0.15, 0.2) is 30.1 Å². The number of rotatable bonds is 20. The van der Waals surface area contributed by atoms with E-state index in [1.54, 1.807) is 26.0 Å². The van der Waals surface area contributed by atoms with Crippen LogP contribution in [0.4, 0.5) is 0 Å². The number of aliphatic hydroxyl groups is 8. The summed E-state index contributed by atoms with van der Waals surface area (Å²) in [5, 5.41) is 160. The molecule has 15 rings (SSSR count). The van der Waals surface area contributed by atoms with Crippen molar-refractivity contribution in [3.05, 3.63) is 176 Å². The van der Waals surface area contributed by atoms with Crippen LogP contribution >= 0.6 is 34.8 Å². The molecule has 7 amide bonds. The topological polar surface area (TPSA) is 601 Å². The van der Waals surface area contributed by atoms with Crippen molar-refractivity contribution in [2.24, 2.45) is 17.4 Å². The lowest BCUT2D eigenvalue weighted by Crippen LogP contribution is -2.65. The lowest BCUT2D eigenvalue weighted by atomic mass is 9.86. The van der Waals surface area contributed by atoms with E-state index in [9.17, 15) is 75.7 Å². The number of aliphatic carboxylic acids is 1. The number of nitrogens with two attached hydrogens (primary N) is 2. The van der Waals surface area contributed by atoms with Crippen LogP contribution in [-0.2, 0) is 68.6 Å². The van der Waals surface area contributed by atoms with Crippen LogP contribution in [0, 0.1) is 5.92 Å². The summed E-state index contributed by atoms with van der Waals surface area (Å²) in [5.74, 6) is -16.7. The Hall–Kier alpha value is -10.7. The van der Waals surface area contributed by atoms with Gasteiger partial charge in [0, 0.05) is 52.8 Å². The Morgan fingerprint density at radius 2 is 1.23 bits per heavy atom. The van der Waals surface area contributed by atoms with Crippen LogP contribution in [-0.4, -0.2) is 238 Å². The Bertz CT molecular complexity index is 5250. The number of hydrogen-bond acceptors (Lipinski definition) is 30. The van der Waals surface area contributed by atoms with E-state index in [-0.39, 0.29) is 50.4 Å².